The summed E-state index contributed by atoms with van der Waals surface area (Å²) in [4.78, 5) is 2.16. The average molecular weight is 279 g/mol. The van der Waals surface area contributed by atoms with Gasteiger partial charge in [-0.25, -0.2) is 0 Å². The molecule has 0 saturated carbocycles. The Balaban J connectivity index is 4.68. The van der Waals surface area contributed by atoms with Gasteiger partial charge in [0.25, 0.3) is 0 Å². The number of hydrogen-bond acceptors (Lipinski definition) is 4. The molecule has 0 heterocycles. The molecular weight excluding hydrogens is 249 g/mol. The first-order chi connectivity index (χ1) is 8.36. The van der Waals surface area contributed by atoms with Gasteiger partial charge < -0.3 is 9.05 Å². The molecule has 0 spiro atoms. The second kappa shape index (κ2) is 9.08. The zero-order valence-electron chi connectivity index (χ0n) is 12.8. The Morgan fingerprint density at radius 3 is 1.61 bits per heavy atom. The fourth-order valence-corrected chi connectivity index (χ4v) is 3.92. The maximum absolute atomic E-state index is 12.7. The first-order valence-electron chi connectivity index (χ1n) is 7.00. The summed E-state index contributed by atoms with van der Waals surface area (Å²) in [6, 6.07) is 0.655. The van der Waals surface area contributed by atoms with Gasteiger partial charge in [-0.15, -0.1) is 0 Å². The molecular formula is C13H30NO3P. The second-order valence-electron chi connectivity index (χ2n) is 5.12. The van der Waals surface area contributed by atoms with Gasteiger partial charge in [0.15, 0.2) is 0 Å². The van der Waals surface area contributed by atoms with Gasteiger partial charge in [-0.1, -0.05) is 13.8 Å². The second-order valence-corrected chi connectivity index (χ2v) is 7.14. The van der Waals surface area contributed by atoms with E-state index in [1.54, 1.807) is 0 Å². The number of rotatable bonds is 10. The molecule has 18 heavy (non-hydrogen) atoms. The Labute approximate surface area is 113 Å². The van der Waals surface area contributed by atoms with Crippen molar-refractivity contribution in [1.82, 2.24) is 4.90 Å². The highest BCUT2D eigenvalue weighted by Gasteiger charge is 2.30. The molecule has 0 aliphatic carbocycles. The summed E-state index contributed by atoms with van der Waals surface area (Å²) in [5, 5.41) is 0. The van der Waals surface area contributed by atoms with Crippen LogP contribution in [0, 0.1) is 0 Å². The van der Waals surface area contributed by atoms with Gasteiger partial charge in [0.2, 0.25) is 0 Å². The SMILES string of the molecule is CCCOP(=O)(CN(C(C)C)C(C)C)OCCC. The van der Waals surface area contributed by atoms with E-state index >= 15 is 0 Å². The minimum absolute atomic E-state index is 0.328. The van der Waals surface area contributed by atoms with Crippen LogP contribution >= 0.6 is 7.60 Å². The van der Waals surface area contributed by atoms with E-state index in [-0.39, 0.29) is 0 Å². The van der Waals surface area contributed by atoms with Crippen LogP contribution in [-0.2, 0) is 13.6 Å². The van der Waals surface area contributed by atoms with Crippen molar-refractivity contribution in [2.45, 2.75) is 66.5 Å². The molecule has 0 bridgehead atoms. The Hall–Kier alpha value is 0.110. The Morgan fingerprint density at radius 1 is 0.944 bits per heavy atom. The van der Waals surface area contributed by atoms with E-state index in [2.05, 4.69) is 32.6 Å². The van der Waals surface area contributed by atoms with E-state index in [4.69, 9.17) is 9.05 Å². The Bertz CT molecular complexity index is 237. The van der Waals surface area contributed by atoms with E-state index in [0.717, 1.165) is 12.8 Å². The van der Waals surface area contributed by atoms with Gasteiger partial charge in [0.1, 0.15) is 6.29 Å². The molecule has 110 valence electrons. The van der Waals surface area contributed by atoms with Crippen LogP contribution in [0.4, 0.5) is 0 Å². The van der Waals surface area contributed by atoms with Crippen molar-refractivity contribution in [3.63, 3.8) is 0 Å². The molecule has 0 atom stereocenters. The van der Waals surface area contributed by atoms with Crippen LogP contribution in [0.3, 0.4) is 0 Å². The van der Waals surface area contributed by atoms with E-state index < -0.39 is 7.60 Å². The summed E-state index contributed by atoms with van der Waals surface area (Å²) >= 11 is 0. The summed E-state index contributed by atoms with van der Waals surface area (Å²) in [6.07, 6.45) is 2.08. The van der Waals surface area contributed by atoms with Crippen molar-refractivity contribution in [3.05, 3.63) is 0 Å². The van der Waals surface area contributed by atoms with Crippen molar-refractivity contribution in [1.29, 1.82) is 0 Å². The normalized spacial score (nSPS) is 12.9. The average Bonchev–Trinajstić information content (AvgIpc) is 2.30. The highest BCUT2D eigenvalue weighted by molar-refractivity contribution is 7.53. The monoisotopic (exact) mass is 279 g/mol. The van der Waals surface area contributed by atoms with Crippen LogP contribution < -0.4 is 0 Å². The fourth-order valence-electron chi connectivity index (χ4n) is 1.70. The standard InChI is InChI=1S/C13H30NO3P/c1-7-9-16-18(15,17-10-8-2)11-14(12(3)4)13(5)6/h12-13H,7-11H2,1-6H3. The van der Waals surface area contributed by atoms with Gasteiger partial charge in [-0.3, -0.25) is 9.46 Å². The molecule has 0 amide bonds. The Kier molecular flexibility index (Phi) is 9.14. The Morgan fingerprint density at radius 2 is 1.33 bits per heavy atom. The maximum atomic E-state index is 12.7. The molecule has 0 aliphatic rings. The summed E-state index contributed by atoms with van der Waals surface area (Å²) in [6.45, 7) is 13.4. The predicted molar refractivity (Wildman–Crippen MR) is 77.1 cm³/mol. The minimum atomic E-state index is -2.99. The minimum Gasteiger partial charge on any atom is -0.308 e. The molecule has 0 aromatic rings. The van der Waals surface area contributed by atoms with Crippen molar-refractivity contribution in [3.8, 4) is 0 Å². The number of nitrogens with zero attached hydrogens (tertiary/aromatic N) is 1. The highest BCUT2D eigenvalue weighted by atomic mass is 31.2. The summed E-state index contributed by atoms with van der Waals surface area (Å²) < 4.78 is 23.7. The molecule has 4 nitrogen and oxygen atoms in total. The maximum Gasteiger partial charge on any atom is 0.344 e. The topological polar surface area (TPSA) is 38.8 Å². The van der Waals surface area contributed by atoms with E-state index in [1.807, 2.05) is 13.8 Å². The number of hydrogen-bond donors (Lipinski definition) is 0. The van der Waals surface area contributed by atoms with Gasteiger partial charge in [-0.2, -0.15) is 0 Å². The fraction of sp³-hybridized carbons (Fsp3) is 1.00. The quantitative estimate of drug-likeness (QED) is 0.564. The first kappa shape index (κ1) is 18.1. The van der Waals surface area contributed by atoms with Crippen LogP contribution in [0.5, 0.6) is 0 Å². The molecule has 0 fully saturated rings. The molecule has 0 rings (SSSR count). The van der Waals surface area contributed by atoms with Crippen molar-refractivity contribution in [2.75, 3.05) is 19.5 Å². The van der Waals surface area contributed by atoms with E-state index in [1.165, 1.54) is 0 Å². The molecule has 0 aromatic carbocycles. The molecule has 0 N–H and O–H groups in total. The van der Waals surface area contributed by atoms with Crippen LogP contribution in [0.25, 0.3) is 0 Å². The summed E-state index contributed by atoms with van der Waals surface area (Å²) in [5.41, 5.74) is 0. The lowest BCUT2D eigenvalue weighted by Crippen LogP contribution is -2.38. The predicted octanol–water partition coefficient (Wildman–Crippen LogP) is 4.11. The van der Waals surface area contributed by atoms with Gasteiger partial charge >= 0.3 is 7.60 Å². The molecule has 0 radical (unpaired) electrons. The van der Waals surface area contributed by atoms with Gasteiger partial charge in [0.05, 0.1) is 13.2 Å². The molecule has 0 saturated heterocycles. The lowest BCUT2D eigenvalue weighted by atomic mass is 10.2. The third-order valence-corrected chi connectivity index (χ3v) is 4.47. The molecule has 0 unspecified atom stereocenters. The van der Waals surface area contributed by atoms with Crippen molar-refractivity contribution < 1.29 is 13.6 Å². The van der Waals surface area contributed by atoms with Crippen LogP contribution in [0.1, 0.15) is 54.4 Å². The summed E-state index contributed by atoms with van der Waals surface area (Å²) in [7, 11) is -2.99. The first-order valence-corrected chi connectivity index (χ1v) is 8.73. The lowest BCUT2D eigenvalue weighted by Gasteiger charge is -2.33. The highest BCUT2D eigenvalue weighted by Crippen LogP contribution is 2.49. The molecule has 5 heteroatoms. The zero-order chi connectivity index (χ0) is 14.2. The zero-order valence-corrected chi connectivity index (χ0v) is 13.7. The molecule has 0 aliphatic heterocycles. The third kappa shape index (κ3) is 6.89. The smallest absolute Gasteiger partial charge is 0.308 e. The van der Waals surface area contributed by atoms with Gasteiger partial charge in [-0.05, 0) is 40.5 Å². The molecule has 0 aromatic heterocycles. The third-order valence-electron chi connectivity index (χ3n) is 2.65. The van der Waals surface area contributed by atoms with Crippen LogP contribution in [-0.4, -0.2) is 36.5 Å². The van der Waals surface area contributed by atoms with Crippen molar-refractivity contribution >= 4 is 7.60 Å². The lowest BCUT2D eigenvalue weighted by molar-refractivity contribution is 0.153. The summed E-state index contributed by atoms with van der Waals surface area (Å²) in [5.74, 6) is 0. The van der Waals surface area contributed by atoms with Crippen LogP contribution in [0.15, 0.2) is 0 Å². The van der Waals surface area contributed by atoms with E-state index in [0.29, 0.717) is 31.6 Å². The van der Waals surface area contributed by atoms with Crippen LogP contribution in [0.2, 0.25) is 0 Å². The van der Waals surface area contributed by atoms with Crippen molar-refractivity contribution in [2.24, 2.45) is 0 Å². The largest absolute Gasteiger partial charge is 0.344 e. The van der Waals surface area contributed by atoms with E-state index in [9.17, 15) is 4.57 Å². The van der Waals surface area contributed by atoms with Gasteiger partial charge in [0, 0.05) is 12.1 Å².